The van der Waals surface area contributed by atoms with Crippen LogP contribution in [-0.4, -0.2) is 33.8 Å². The van der Waals surface area contributed by atoms with Gasteiger partial charge in [-0.1, -0.05) is 20.8 Å². The van der Waals surface area contributed by atoms with E-state index in [0.29, 0.717) is 4.88 Å². The van der Waals surface area contributed by atoms with Crippen LogP contribution >= 0.6 is 11.3 Å². The van der Waals surface area contributed by atoms with Gasteiger partial charge in [-0.05, 0) is 31.9 Å². The molecule has 0 spiro atoms. The second-order valence-corrected chi connectivity index (χ2v) is 8.39. The number of carbonyl (C=O) groups is 1. The van der Waals surface area contributed by atoms with Crippen molar-refractivity contribution in [3.63, 3.8) is 0 Å². The summed E-state index contributed by atoms with van der Waals surface area (Å²) < 4.78 is 0. The van der Waals surface area contributed by atoms with Crippen molar-refractivity contribution in [1.82, 2.24) is 15.0 Å². The third-order valence-electron chi connectivity index (χ3n) is 4.14. The van der Waals surface area contributed by atoms with E-state index >= 15 is 0 Å². The van der Waals surface area contributed by atoms with Gasteiger partial charge in [0, 0.05) is 36.5 Å². The zero-order valence-electron chi connectivity index (χ0n) is 15.2. The smallest absolute Gasteiger partial charge is 0.225 e. The van der Waals surface area contributed by atoms with Crippen molar-refractivity contribution in [2.45, 2.75) is 46.0 Å². The molecule has 1 saturated heterocycles. The van der Waals surface area contributed by atoms with Gasteiger partial charge >= 0.3 is 0 Å². The summed E-state index contributed by atoms with van der Waals surface area (Å²) in [6, 6.07) is 0. The number of thiazole rings is 1. The van der Waals surface area contributed by atoms with Crippen molar-refractivity contribution in [2.75, 3.05) is 18.0 Å². The van der Waals surface area contributed by atoms with E-state index in [-0.39, 0.29) is 11.2 Å². The average Bonchev–Trinajstić information content (AvgIpc) is 3.22. The van der Waals surface area contributed by atoms with Gasteiger partial charge in [0.1, 0.15) is 0 Å². The lowest BCUT2D eigenvalue weighted by Crippen LogP contribution is -2.20. The molecule has 132 valence electrons. The normalized spacial score (nSPS) is 15.3. The number of allylic oxidation sites excluding steroid dienone is 1. The highest BCUT2D eigenvalue weighted by Crippen LogP contribution is 2.29. The molecular weight excluding hydrogens is 332 g/mol. The minimum atomic E-state index is -0.0447. The molecule has 2 aromatic heterocycles. The Balaban J connectivity index is 1.71. The number of aromatic nitrogens is 3. The van der Waals surface area contributed by atoms with Crippen LogP contribution in [0.2, 0.25) is 0 Å². The van der Waals surface area contributed by atoms with Gasteiger partial charge < -0.3 is 4.90 Å². The van der Waals surface area contributed by atoms with E-state index < -0.39 is 0 Å². The number of nitrogens with zero attached hydrogens (tertiary/aromatic N) is 4. The van der Waals surface area contributed by atoms with Crippen LogP contribution in [0.4, 0.5) is 5.95 Å². The van der Waals surface area contributed by atoms with E-state index in [9.17, 15) is 4.79 Å². The third kappa shape index (κ3) is 4.12. The maximum absolute atomic E-state index is 12.5. The molecule has 1 aliphatic rings. The molecule has 0 bridgehead atoms. The van der Waals surface area contributed by atoms with E-state index in [1.807, 2.05) is 6.92 Å². The molecule has 0 aromatic carbocycles. The molecule has 0 saturated carbocycles. The Hall–Kier alpha value is -2.08. The highest BCUT2D eigenvalue weighted by Gasteiger charge is 2.22. The number of hydrogen-bond acceptors (Lipinski definition) is 6. The monoisotopic (exact) mass is 356 g/mol. The fraction of sp³-hybridized carbons (Fsp3) is 0.474. The van der Waals surface area contributed by atoms with Crippen LogP contribution in [0.15, 0.2) is 18.5 Å². The van der Waals surface area contributed by atoms with E-state index in [1.54, 1.807) is 24.5 Å². The predicted molar refractivity (Wildman–Crippen MR) is 102 cm³/mol. The lowest BCUT2D eigenvalue weighted by molar-refractivity contribution is 0.105. The second-order valence-electron chi connectivity index (χ2n) is 7.39. The number of aryl methyl sites for hydroxylation is 1. The highest BCUT2D eigenvalue weighted by atomic mass is 32.1. The molecule has 25 heavy (non-hydrogen) atoms. The lowest BCUT2D eigenvalue weighted by atomic mass is 9.98. The van der Waals surface area contributed by atoms with Crippen molar-refractivity contribution in [3.05, 3.63) is 39.6 Å². The standard InChI is InChI=1S/C19H24N4OS/c1-13-16(25-17(22-13)19(2,3)4)15(24)8-7-14-11-20-18(21-12-14)23-9-5-6-10-23/h7-8,11-12H,5-6,9-10H2,1-4H3/b8-7+. The summed E-state index contributed by atoms with van der Waals surface area (Å²) in [6.45, 7) is 10.3. The van der Waals surface area contributed by atoms with Crippen LogP contribution in [0.5, 0.6) is 0 Å². The number of carbonyl (C=O) groups excluding carboxylic acids is 1. The highest BCUT2D eigenvalue weighted by molar-refractivity contribution is 7.14. The lowest BCUT2D eigenvalue weighted by Gasteiger charge is -2.14. The van der Waals surface area contributed by atoms with Crippen molar-refractivity contribution in [2.24, 2.45) is 0 Å². The van der Waals surface area contributed by atoms with Crippen LogP contribution in [0.1, 0.15) is 59.5 Å². The van der Waals surface area contributed by atoms with Crippen LogP contribution in [0, 0.1) is 6.92 Å². The first-order valence-electron chi connectivity index (χ1n) is 8.62. The molecule has 6 heteroatoms. The molecule has 2 aromatic rings. The number of rotatable bonds is 4. The topological polar surface area (TPSA) is 59.0 Å². The van der Waals surface area contributed by atoms with Crippen LogP contribution in [0.3, 0.4) is 0 Å². The predicted octanol–water partition coefficient (Wildman–Crippen LogP) is 4.04. The van der Waals surface area contributed by atoms with Gasteiger partial charge in [-0.25, -0.2) is 15.0 Å². The fourth-order valence-corrected chi connectivity index (χ4v) is 3.74. The molecular formula is C19H24N4OS. The SMILES string of the molecule is Cc1nc(C(C)(C)C)sc1C(=O)/C=C/c1cnc(N2CCCC2)nc1. The Morgan fingerprint density at radius 1 is 1.20 bits per heavy atom. The molecule has 3 rings (SSSR count). The van der Waals surface area contributed by atoms with Gasteiger partial charge in [-0.2, -0.15) is 0 Å². The summed E-state index contributed by atoms with van der Waals surface area (Å²) in [5, 5.41) is 0.986. The largest absolute Gasteiger partial charge is 0.341 e. The number of anilines is 1. The number of hydrogen-bond donors (Lipinski definition) is 0. The maximum atomic E-state index is 12.5. The summed E-state index contributed by atoms with van der Waals surface area (Å²) in [4.78, 5) is 28.7. The Bertz CT molecular complexity index is 781. The first kappa shape index (κ1) is 17.7. The molecule has 0 N–H and O–H groups in total. The Kier molecular flexibility index (Phi) is 4.99. The van der Waals surface area contributed by atoms with Crippen LogP contribution < -0.4 is 4.90 Å². The van der Waals surface area contributed by atoms with E-state index in [0.717, 1.165) is 35.3 Å². The van der Waals surface area contributed by atoms with Gasteiger partial charge in [-0.3, -0.25) is 4.79 Å². The molecule has 0 amide bonds. The Labute approximate surface area is 152 Å². The zero-order valence-corrected chi connectivity index (χ0v) is 16.1. The first-order valence-corrected chi connectivity index (χ1v) is 9.43. The Morgan fingerprint density at radius 3 is 2.40 bits per heavy atom. The first-order chi connectivity index (χ1) is 11.8. The van der Waals surface area contributed by atoms with Gasteiger partial charge in [-0.15, -0.1) is 11.3 Å². The summed E-state index contributed by atoms with van der Waals surface area (Å²) >= 11 is 1.48. The van der Waals surface area contributed by atoms with Crippen molar-refractivity contribution in [1.29, 1.82) is 0 Å². The maximum Gasteiger partial charge on any atom is 0.225 e. The van der Waals surface area contributed by atoms with E-state index in [1.165, 1.54) is 24.2 Å². The van der Waals surface area contributed by atoms with Gasteiger partial charge in [0.25, 0.3) is 0 Å². The van der Waals surface area contributed by atoms with Crippen LogP contribution in [0.25, 0.3) is 6.08 Å². The van der Waals surface area contributed by atoms with Gasteiger partial charge in [0.2, 0.25) is 5.95 Å². The minimum absolute atomic E-state index is 0.0193. The van der Waals surface area contributed by atoms with Crippen LogP contribution in [-0.2, 0) is 5.41 Å². The molecule has 1 aliphatic heterocycles. The molecule has 0 radical (unpaired) electrons. The summed E-state index contributed by atoms with van der Waals surface area (Å²) in [5.41, 5.74) is 1.58. The van der Waals surface area contributed by atoms with Crippen molar-refractivity contribution >= 4 is 29.1 Å². The summed E-state index contributed by atoms with van der Waals surface area (Å²) in [7, 11) is 0. The van der Waals surface area contributed by atoms with E-state index in [4.69, 9.17) is 0 Å². The zero-order chi connectivity index (χ0) is 18.0. The quantitative estimate of drug-likeness (QED) is 0.611. The average molecular weight is 356 g/mol. The molecule has 0 unspecified atom stereocenters. The van der Waals surface area contributed by atoms with Crippen molar-refractivity contribution < 1.29 is 4.79 Å². The number of ketones is 1. The van der Waals surface area contributed by atoms with Gasteiger partial charge in [0.15, 0.2) is 5.78 Å². The fourth-order valence-electron chi connectivity index (χ4n) is 2.69. The molecule has 5 nitrogen and oxygen atoms in total. The Morgan fingerprint density at radius 2 is 1.84 bits per heavy atom. The molecule has 0 aliphatic carbocycles. The molecule has 3 heterocycles. The van der Waals surface area contributed by atoms with E-state index in [2.05, 4.69) is 40.6 Å². The van der Waals surface area contributed by atoms with Crippen molar-refractivity contribution in [3.8, 4) is 0 Å². The second kappa shape index (κ2) is 7.04. The summed E-state index contributed by atoms with van der Waals surface area (Å²) in [6.07, 6.45) is 9.29. The molecule has 0 atom stereocenters. The summed E-state index contributed by atoms with van der Waals surface area (Å²) in [5.74, 6) is 0.753. The van der Waals surface area contributed by atoms with Gasteiger partial charge in [0.05, 0.1) is 15.6 Å². The minimum Gasteiger partial charge on any atom is -0.341 e. The molecule has 1 fully saturated rings. The third-order valence-corrected chi connectivity index (χ3v) is 5.73.